The van der Waals surface area contributed by atoms with Crippen molar-refractivity contribution in [3.8, 4) is 5.75 Å². The van der Waals surface area contributed by atoms with Crippen LogP contribution in [0.2, 0.25) is 0 Å². The van der Waals surface area contributed by atoms with Crippen LogP contribution in [0.5, 0.6) is 5.75 Å². The molecule has 0 unspecified atom stereocenters. The number of carbonyl (C=O) groups is 1. The van der Waals surface area contributed by atoms with E-state index in [2.05, 4.69) is 54.6 Å². The Bertz CT molecular complexity index is 1850. The minimum absolute atomic E-state index is 0.0975. The van der Waals surface area contributed by atoms with Crippen LogP contribution < -0.4 is 14.8 Å². The first-order valence-corrected chi connectivity index (χ1v) is 14.2. The van der Waals surface area contributed by atoms with Crippen molar-refractivity contribution in [2.45, 2.75) is 11.9 Å². The Morgan fingerprint density at radius 3 is 2.12 bits per heavy atom. The highest BCUT2D eigenvalue weighted by Crippen LogP contribution is 2.55. The second-order valence-corrected chi connectivity index (χ2v) is 11.0. The number of nitrogens with zero attached hydrogens (tertiary/aromatic N) is 4. The summed E-state index contributed by atoms with van der Waals surface area (Å²) < 4.78 is 5.43. The fourth-order valence-corrected chi connectivity index (χ4v) is 6.79. The first-order chi connectivity index (χ1) is 20.1. The summed E-state index contributed by atoms with van der Waals surface area (Å²) in [6, 6.07) is 40.8. The van der Waals surface area contributed by atoms with Crippen LogP contribution in [0.1, 0.15) is 23.6 Å². The number of hydrogen-bond acceptors (Lipinski definition) is 7. The molecule has 7 rings (SSSR count). The molecule has 0 bridgehead atoms. The third-order valence-corrected chi connectivity index (χ3v) is 8.81. The molecule has 0 saturated heterocycles. The Labute approximate surface area is 242 Å². The maximum absolute atomic E-state index is 12.9. The van der Waals surface area contributed by atoms with Crippen LogP contribution in [0.25, 0.3) is 10.8 Å². The highest BCUT2D eigenvalue weighted by Gasteiger charge is 2.55. The molecule has 5 aromatic carbocycles. The highest BCUT2D eigenvalue weighted by molar-refractivity contribution is 8.17. The zero-order valence-corrected chi connectivity index (χ0v) is 23.4. The van der Waals surface area contributed by atoms with Crippen LogP contribution in [0, 0.1) is 0 Å². The second-order valence-electron chi connectivity index (χ2n) is 9.85. The molecule has 1 atom stereocenters. The van der Waals surface area contributed by atoms with E-state index in [0.717, 1.165) is 50.3 Å². The van der Waals surface area contributed by atoms with Gasteiger partial charge in [0, 0.05) is 23.6 Å². The monoisotopic (exact) mass is 554 g/mol. The van der Waals surface area contributed by atoms with Gasteiger partial charge in [0.25, 0.3) is 0 Å². The predicted octanol–water partition coefficient (Wildman–Crippen LogP) is 7.39. The van der Waals surface area contributed by atoms with Gasteiger partial charge in [0.2, 0.25) is 4.99 Å². The number of benzene rings is 5. The van der Waals surface area contributed by atoms with Crippen molar-refractivity contribution in [2.24, 2.45) is 10.2 Å². The molecule has 5 aromatic rings. The third-order valence-electron chi connectivity index (χ3n) is 7.40. The Morgan fingerprint density at radius 2 is 1.34 bits per heavy atom. The predicted molar refractivity (Wildman–Crippen MR) is 168 cm³/mol. The van der Waals surface area contributed by atoms with Crippen molar-refractivity contribution in [3.05, 3.63) is 138 Å². The fraction of sp³-hybridized carbons (Fsp3) is 0.0882. The summed E-state index contributed by atoms with van der Waals surface area (Å²) in [5.74, 6) is 0.644. The molecule has 2 heterocycles. The average Bonchev–Trinajstić information content (AvgIpc) is 3.43. The minimum Gasteiger partial charge on any atom is -0.497 e. The van der Waals surface area contributed by atoms with E-state index in [4.69, 9.17) is 14.9 Å². The Kier molecular flexibility index (Phi) is 6.09. The van der Waals surface area contributed by atoms with Crippen LogP contribution >= 0.6 is 11.8 Å². The van der Waals surface area contributed by atoms with Gasteiger partial charge in [0.1, 0.15) is 5.75 Å². The fourth-order valence-electron chi connectivity index (χ4n) is 5.50. The van der Waals surface area contributed by atoms with Gasteiger partial charge < -0.3 is 4.74 Å². The molecule has 41 heavy (non-hydrogen) atoms. The van der Waals surface area contributed by atoms with Crippen LogP contribution in [-0.2, 0) is 9.79 Å². The number of Topliss-reactive ketones (excluding diaryl/α,β-unsaturated/α-hetero) is 1. The van der Waals surface area contributed by atoms with Gasteiger partial charge in [-0.1, -0.05) is 84.9 Å². The number of para-hydroxylation sites is 1. The molecule has 0 N–H and O–H groups in total. The summed E-state index contributed by atoms with van der Waals surface area (Å²) in [7, 11) is 1.65. The van der Waals surface area contributed by atoms with Crippen LogP contribution in [0.4, 0.5) is 11.4 Å². The summed E-state index contributed by atoms with van der Waals surface area (Å²) >= 11 is 1.42. The number of anilines is 2. The quantitative estimate of drug-likeness (QED) is 0.227. The molecule has 0 amide bonds. The van der Waals surface area contributed by atoms with E-state index < -0.39 is 4.99 Å². The number of thioether (sulfide) groups is 1. The van der Waals surface area contributed by atoms with Gasteiger partial charge in [-0.05, 0) is 58.9 Å². The molecule has 0 aliphatic carbocycles. The van der Waals surface area contributed by atoms with E-state index in [-0.39, 0.29) is 5.78 Å². The molecule has 0 radical (unpaired) electrons. The van der Waals surface area contributed by atoms with E-state index in [1.807, 2.05) is 76.7 Å². The van der Waals surface area contributed by atoms with Gasteiger partial charge in [-0.15, -0.1) is 0 Å². The minimum atomic E-state index is -0.998. The average molecular weight is 555 g/mol. The lowest BCUT2D eigenvalue weighted by molar-refractivity contribution is -0.110. The number of methoxy groups -OCH3 is 1. The van der Waals surface area contributed by atoms with E-state index in [9.17, 15) is 4.79 Å². The molecule has 0 aromatic heterocycles. The Hall–Kier alpha value is -4.88. The van der Waals surface area contributed by atoms with Crippen LogP contribution in [-0.4, -0.2) is 23.6 Å². The zero-order chi connectivity index (χ0) is 28.0. The zero-order valence-electron chi connectivity index (χ0n) is 22.6. The first kappa shape index (κ1) is 25.1. The molecule has 6 nitrogen and oxygen atoms in total. The van der Waals surface area contributed by atoms with Gasteiger partial charge in [-0.25, -0.2) is 10.0 Å². The third kappa shape index (κ3) is 4.00. The lowest BCUT2D eigenvalue weighted by Gasteiger charge is -2.47. The number of hydrogen-bond donors (Lipinski definition) is 0. The Morgan fingerprint density at radius 1 is 0.707 bits per heavy atom. The number of ether oxygens (including phenoxy) is 1. The normalized spacial score (nSPS) is 17.8. The largest absolute Gasteiger partial charge is 0.497 e. The lowest BCUT2D eigenvalue weighted by Crippen LogP contribution is -2.54. The van der Waals surface area contributed by atoms with E-state index in [1.54, 1.807) is 14.0 Å². The molecular weight excluding hydrogens is 528 g/mol. The summed E-state index contributed by atoms with van der Waals surface area (Å²) in [6.45, 7) is 1.56. The Balaban J connectivity index is 1.53. The molecule has 0 saturated carbocycles. The summed E-state index contributed by atoms with van der Waals surface area (Å²) in [5.41, 5.74) is 5.57. The summed E-state index contributed by atoms with van der Waals surface area (Å²) in [6.07, 6.45) is 0. The van der Waals surface area contributed by atoms with Crippen molar-refractivity contribution in [2.75, 3.05) is 17.1 Å². The maximum atomic E-state index is 12.9. The van der Waals surface area contributed by atoms with E-state index in [1.165, 1.54) is 11.8 Å². The van der Waals surface area contributed by atoms with E-state index >= 15 is 0 Å². The number of rotatable bonds is 5. The van der Waals surface area contributed by atoms with Crippen LogP contribution in [0.3, 0.4) is 0 Å². The smallest absolute Gasteiger partial charge is 0.234 e. The highest BCUT2D eigenvalue weighted by atomic mass is 32.2. The van der Waals surface area contributed by atoms with Crippen molar-refractivity contribution < 1.29 is 9.53 Å². The number of hydrazone groups is 2. The van der Waals surface area contributed by atoms with E-state index in [0.29, 0.717) is 5.04 Å². The van der Waals surface area contributed by atoms with Gasteiger partial charge in [0.15, 0.2) is 10.8 Å². The molecular formula is C34H26N4O2S. The van der Waals surface area contributed by atoms with Crippen molar-refractivity contribution in [1.29, 1.82) is 0 Å². The van der Waals surface area contributed by atoms with Gasteiger partial charge >= 0.3 is 0 Å². The maximum Gasteiger partial charge on any atom is 0.234 e. The summed E-state index contributed by atoms with van der Waals surface area (Å²) in [4.78, 5) is 11.9. The van der Waals surface area contributed by atoms with Gasteiger partial charge in [-0.3, -0.25) is 4.79 Å². The second kappa shape index (κ2) is 9.94. The molecule has 0 fully saturated rings. The molecule has 200 valence electrons. The van der Waals surface area contributed by atoms with Gasteiger partial charge in [-0.2, -0.15) is 10.2 Å². The molecule has 1 spiro atoms. The summed E-state index contributed by atoms with van der Waals surface area (Å²) in [5, 5.41) is 17.0. The van der Waals surface area contributed by atoms with Crippen LogP contribution in [0.15, 0.2) is 132 Å². The SMILES string of the molecule is COc1ccc(N2N=C(C(C)=O)S[C@]23c2ccccc2C(c2cccc4ccccc24)=NN3c2ccccc2)cc1. The number of carbonyl (C=O) groups excluding carboxylic acids is 1. The van der Waals surface area contributed by atoms with Gasteiger partial charge in [0.05, 0.1) is 24.2 Å². The first-order valence-electron chi connectivity index (χ1n) is 13.3. The van der Waals surface area contributed by atoms with Crippen molar-refractivity contribution in [3.63, 3.8) is 0 Å². The van der Waals surface area contributed by atoms with Crippen molar-refractivity contribution in [1.82, 2.24) is 0 Å². The molecule has 2 aliphatic rings. The molecule has 2 aliphatic heterocycles. The standard InChI is InChI=1S/C34H26N4O2S/c1-23(39)33-36-38(26-19-21-27(40-2)22-20-26)34(41-33)31-18-9-8-16-30(31)32(35-37(34)25-13-4-3-5-14-25)29-17-10-12-24-11-6-7-15-28(24)29/h3-22H,1-2H3/t34-/m0/s1. The topological polar surface area (TPSA) is 57.5 Å². The lowest BCUT2D eigenvalue weighted by atomic mass is 9.91. The molecule has 7 heteroatoms. The number of ketones is 1. The number of fused-ring (bicyclic) bond motifs is 3. The van der Waals surface area contributed by atoms with Crippen molar-refractivity contribution >= 4 is 50.4 Å².